The fourth-order valence-electron chi connectivity index (χ4n) is 12.9. The number of carbonyl (C=O) groups excluding carboxylic acids is 3. The molecule has 0 heterocycles. The van der Waals surface area contributed by atoms with Crippen LogP contribution in [0.2, 0.25) is 0 Å². The SMILES string of the molecule is CC/C=C\C/C=C\C/C=C\C/C=C\C/C=C\C/C=C\CCCCCCCCCCCCCCC(=O)OCC(COP(=O)(O)OCC(O)COP(=O)(O)OCC(O)COC(=O)CCCCCCCCCCCCCCCCCCC/C=C\C/C=C\C/C=C\C/C=C\C/C=C\CC)OC(=O)CCCCCCC/C=C\C/C=C\C/C=C\C/C=C\CCCCC. The molecule has 0 rings (SSSR count). The summed E-state index contributed by atoms with van der Waals surface area (Å²) < 4.78 is 61.5. The van der Waals surface area contributed by atoms with Gasteiger partial charge in [0.25, 0.3) is 0 Å². The predicted molar refractivity (Wildman–Crippen MR) is 509 cm³/mol. The lowest BCUT2D eigenvalue weighted by molar-refractivity contribution is -0.161. The summed E-state index contributed by atoms with van der Waals surface area (Å²) in [6, 6.07) is 0. The Balaban J connectivity index is 4.58. The van der Waals surface area contributed by atoms with E-state index in [0.717, 1.165) is 180 Å². The summed E-state index contributed by atoms with van der Waals surface area (Å²) in [5.74, 6) is -1.59. The highest BCUT2D eigenvalue weighted by Gasteiger charge is 2.30. The van der Waals surface area contributed by atoms with Crippen LogP contribution in [-0.4, -0.2) is 95.9 Å². The third-order valence-electron chi connectivity index (χ3n) is 20.1. The Morgan fingerprint density at radius 3 is 0.694 bits per heavy atom. The fraction of sp³-hybridized carbons (Fsp3) is 0.680. The van der Waals surface area contributed by atoms with Crippen molar-refractivity contribution in [2.75, 3.05) is 39.6 Å². The quantitative estimate of drug-likeness (QED) is 0.0146. The second-order valence-corrected chi connectivity index (χ2v) is 34.7. The molecule has 5 unspecified atom stereocenters. The van der Waals surface area contributed by atoms with Crippen LogP contribution >= 0.6 is 15.6 Å². The van der Waals surface area contributed by atoms with Crippen molar-refractivity contribution in [1.82, 2.24) is 0 Å². The van der Waals surface area contributed by atoms with E-state index in [1.54, 1.807) is 0 Å². The molecule has 0 amide bonds. The highest BCUT2D eigenvalue weighted by atomic mass is 31.2. The standard InChI is InChI=1S/C103H174O16P2/c1-4-7-10-13-16-19-22-25-28-31-34-37-39-41-43-45-47-48-50-52-53-55-57-60-62-65-68-71-74-77-80-83-86-89-101(106)113-92-98(104)93-115-120(109,110)116-94-99(105)95-117-121(111,112)118-97-100(119-103(108)91-88-85-82-79-76-73-70-67-64-59-36-33-30-27-24-21-18-15-12-9-6-3)96-114-102(107)90-87-84-81-78-75-72-69-66-63-61-58-56-54-51-49-46-44-42-40-38-35-32-29-26-23-20-17-14-11-8-5-2/h7-8,10-11,16-21,25-30,34-38,41-44,49,51,59,67,70,98-100,104-105H,4-6,9,12-15,22-24,31-33,39-40,45-48,50,52-58,60-66,68-69,71-97H2,1-3H3,(H,109,110)(H,111,112)/b10-7-,11-8-,19-16-,20-17-,21-18-,28-25-,29-26-,30-27-,37-34-,38-35-,43-41-,44-42-,51-49-,59-36-,70-67-. The number of rotatable bonds is 90. The summed E-state index contributed by atoms with van der Waals surface area (Å²) in [7, 11) is -9.82. The summed E-state index contributed by atoms with van der Waals surface area (Å²) >= 11 is 0. The van der Waals surface area contributed by atoms with Crippen molar-refractivity contribution in [3.05, 3.63) is 182 Å². The Hall–Kier alpha value is -5.35. The van der Waals surface area contributed by atoms with E-state index < -0.39 is 91.5 Å². The summed E-state index contributed by atoms with van der Waals surface area (Å²) in [6.07, 6.45) is 124. The molecule has 0 aliphatic heterocycles. The van der Waals surface area contributed by atoms with Gasteiger partial charge in [-0.05, 0) is 161 Å². The van der Waals surface area contributed by atoms with Crippen molar-refractivity contribution in [2.24, 2.45) is 0 Å². The van der Waals surface area contributed by atoms with Crippen LogP contribution < -0.4 is 0 Å². The number of hydrogen-bond acceptors (Lipinski definition) is 14. The zero-order valence-electron chi connectivity index (χ0n) is 76.4. The first-order valence-corrected chi connectivity index (χ1v) is 51.1. The lowest BCUT2D eigenvalue weighted by atomic mass is 10.0. The van der Waals surface area contributed by atoms with E-state index in [4.69, 9.17) is 32.3 Å². The molecule has 16 nitrogen and oxygen atoms in total. The van der Waals surface area contributed by atoms with Crippen molar-refractivity contribution < 1.29 is 75.8 Å². The molecule has 0 spiro atoms. The second-order valence-electron chi connectivity index (χ2n) is 31.8. The van der Waals surface area contributed by atoms with E-state index in [-0.39, 0.29) is 19.3 Å². The van der Waals surface area contributed by atoms with Crippen molar-refractivity contribution in [3.8, 4) is 0 Å². The number of hydrogen-bond donors (Lipinski definition) is 4. The van der Waals surface area contributed by atoms with Crippen molar-refractivity contribution in [2.45, 2.75) is 411 Å². The van der Waals surface area contributed by atoms with Gasteiger partial charge in [0.15, 0.2) is 6.10 Å². The van der Waals surface area contributed by atoms with Gasteiger partial charge in [0.05, 0.1) is 26.4 Å². The van der Waals surface area contributed by atoms with Gasteiger partial charge in [0.2, 0.25) is 0 Å². The second kappa shape index (κ2) is 93.8. The number of esters is 3. The Kier molecular flexibility index (Phi) is 89.6. The van der Waals surface area contributed by atoms with E-state index in [1.807, 2.05) is 0 Å². The average Bonchev–Trinajstić information content (AvgIpc) is 0.882. The van der Waals surface area contributed by atoms with Crippen LogP contribution in [0.4, 0.5) is 0 Å². The summed E-state index contributed by atoms with van der Waals surface area (Å²) in [6.45, 7) is 2.45. The van der Waals surface area contributed by atoms with Crippen LogP contribution in [0.3, 0.4) is 0 Å². The van der Waals surface area contributed by atoms with Crippen molar-refractivity contribution in [1.29, 1.82) is 0 Å². The molecule has 0 fully saturated rings. The zero-order valence-corrected chi connectivity index (χ0v) is 78.2. The molecule has 121 heavy (non-hydrogen) atoms. The maximum atomic E-state index is 13.1. The lowest BCUT2D eigenvalue weighted by Crippen LogP contribution is -2.30. The Morgan fingerprint density at radius 1 is 0.240 bits per heavy atom. The molecule has 0 aliphatic rings. The molecule has 692 valence electrons. The largest absolute Gasteiger partial charge is 0.472 e. The molecule has 0 radical (unpaired) electrons. The van der Waals surface area contributed by atoms with E-state index in [2.05, 4.69) is 203 Å². The van der Waals surface area contributed by atoms with Gasteiger partial charge in [-0.2, -0.15) is 0 Å². The summed E-state index contributed by atoms with van der Waals surface area (Å²) in [5.41, 5.74) is 0. The van der Waals surface area contributed by atoms with E-state index in [0.29, 0.717) is 19.3 Å². The molecule has 0 bridgehead atoms. The van der Waals surface area contributed by atoms with Crippen molar-refractivity contribution in [3.63, 3.8) is 0 Å². The minimum atomic E-state index is -4.95. The van der Waals surface area contributed by atoms with E-state index in [1.165, 1.54) is 154 Å². The maximum Gasteiger partial charge on any atom is 0.472 e. The molecule has 5 atom stereocenters. The van der Waals surface area contributed by atoms with Gasteiger partial charge < -0.3 is 34.2 Å². The molecule has 4 N–H and O–H groups in total. The van der Waals surface area contributed by atoms with Gasteiger partial charge >= 0.3 is 33.6 Å². The van der Waals surface area contributed by atoms with Gasteiger partial charge in [-0.3, -0.25) is 32.5 Å². The molecule has 0 aromatic rings. The topological polar surface area (TPSA) is 231 Å². The molecule has 0 aromatic heterocycles. The van der Waals surface area contributed by atoms with Gasteiger partial charge in [-0.25, -0.2) is 9.13 Å². The molecule has 0 aliphatic carbocycles. The minimum Gasteiger partial charge on any atom is -0.463 e. The summed E-state index contributed by atoms with van der Waals surface area (Å²) in [4.78, 5) is 59.1. The predicted octanol–water partition coefficient (Wildman–Crippen LogP) is 30.0. The monoisotopic (exact) mass is 1730 g/mol. The highest BCUT2D eigenvalue weighted by molar-refractivity contribution is 7.47. The molecule has 0 saturated carbocycles. The van der Waals surface area contributed by atoms with Crippen LogP contribution in [0.5, 0.6) is 0 Å². The zero-order chi connectivity index (χ0) is 87.9. The van der Waals surface area contributed by atoms with Crippen LogP contribution in [-0.2, 0) is 55.8 Å². The Labute approximate surface area is 738 Å². The molecule has 0 saturated heterocycles. The number of aliphatic hydroxyl groups excluding tert-OH is 2. The maximum absolute atomic E-state index is 13.1. The first-order chi connectivity index (χ1) is 59.2. The normalized spacial score (nSPS) is 14.5. The van der Waals surface area contributed by atoms with Crippen molar-refractivity contribution >= 4 is 33.6 Å². The van der Waals surface area contributed by atoms with E-state index >= 15 is 0 Å². The number of phosphoric ester groups is 2. The lowest BCUT2D eigenvalue weighted by Gasteiger charge is -2.21. The first kappa shape index (κ1) is 116. The molecule has 0 aromatic carbocycles. The Morgan fingerprint density at radius 2 is 0.438 bits per heavy atom. The van der Waals surface area contributed by atoms with Gasteiger partial charge in [-0.15, -0.1) is 0 Å². The first-order valence-electron chi connectivity index (χ1n) is 48.1. The summed E-state index contributed by atoms with van der Waals surface area (Å²) in [5, 5.41) is 20.8. The van der Waals surface area contributed by atoms with Gasteiger partial charge in [-0.1, -0.05) is 396 Å². The number of carbonyl (C=O) groups is 3. The van der Waals surface area contributed by atoms with Gasteiger partial charge in [0, 0.05) is 19.3 Å². The van der Waals surface area contributed by atoms with Crippen LogP contribution in [0, 0.1) is 0 Å². The fourth-order valence-corrected chi connectivity index (χ4v) is 14.5. The van der Waals surface area contributed by atoms with E-state index in [9.17, 15) is 43.5 Å². The van der Waals surface area contributed by atoms with Crippen LogP contribution in [0.15, 0.2) is 182 Å². The van der Waals surface area contributed by atoms with Crippen LogP contribution in [0.25, 0.3) is 0 Å². The number of phosphoric acid groups is 2. The number of aliphatic hydroxyl groups is 2. The van der Waals surface area contributed by atoms with Gasteiger partial charge in [0.1, 0.15) is 25.4 Å². The molecule has 18 heteroatoms. The minimum absolute atomic E-state index is 0.0789. The number of allylic oxidation sites excluding steroid dienone is 30. The third kappa shape index (κ3) is 95.2. The number of unbranched alkanes of at least 4 members (excludes halogenated alkanes) is 37. The average molecular weight is 1730 g/mol. The number of ether oxygens (including phenoxy) is 3. The highest BCUT2D eigenvalue weighted by Crippen LogP contribution is 2.45. The smallest absolute Gasteiger partial charge is 0.463 e. The molecular formula is C103H174O16P2. The Bertz CT molecular complexity index is 2930. The van der Waals surface area contributed by atoms with Crippen LogP contribution in [0.1, 0.15) is 393 Å². The molecular weight excluding hydrogens is 1560 g/mol. The third-order valence-corrected chi connectivity index (χ3v) is 22.0.